The molecular formula is C40H26N4. The van der Waals surface area contributed by atoms with E-state index in [1.165, 1.54) is 49.3 Å². The molecule has 0 atom stereocenters. The molecule has 4 heteroatoms. The lowest BCUT2D eigenvalue weighted by atomic mass is 10.0. The minimum Gasteiger partial charge on any atom is -0.308 e. The van der Waals surface area contributed by atoms with Crippen LogP contribution in [0.4, 0.5) is 0 Å². The molecule has 44 heavy (non-hydrogen) atoms. The second-order valence-corrected chi connectivity index (χ2v) is 11.2. The third-order valence-corrected chi connectivity index (χ3v) is 8.72. The average molecular weight is 563 g/mol. The fourth-order valence-corrected chi connectivity index (χ4v) is 6.66. The van der Waals surface area contributed by atoms with Crippen LogP contribution in [0.25, 0.3) is 77.2 Å². The van der Waals surface area contributed by atoms with Gasteiger partial charge in [-0.05, 0) is 82.9 Å². The quantitative estimate of drug-likeness (QED) is 0.214. The van der Waals surface area contributed by atoms with Gasteiger partial charge in [-0.15, -0.1) is 0 Å². The molecule has 0 fully saturated rings. The number of nitrogens with zero attached hydrogens (tertiary/aromatic N) is 4. The van der Waals surface area contributed by atoms with Gasteiger partial charge in [-0.2, -0.15) is 0 Å². The van der Waals surface area contributed by atoms with Crippen molar-refractivity contribution in [2.75, 3.05) is 0 Å². The molecule has 206 valence electrons. The highest BCUT2D eigenvalue weighted by molar-refractivity contribution is 6.12. The van der Waals surface area contributed by atoms with Crippen molar-refractivity contribution in [3.05, 3.63) is 158 Å². The van der Waals surface area contributed by atoms with Crippen LogP contribution in [0.2, 0.25) is 0 Å². The number of hydrogen-bond acceptors (Lipinski definition) is 2. The molecule has 4 nitrogen and oxygen atoms in total. The predicted molar refractivity (Wildman–Crippen MR) is 182 cm³/mol. The van der Waals surface area contributed by atoms with E-state index in [2.05, 4.69) is 153 Å². The molecule has 0 spiro atoms. The molecule has 9 aromatic rings. The van der Waals surface area contributed by atoms with Crippen LogP contribution in [0.1, 0.15) is 0 Å². The summed E-state index contributed by atoms with van der Waals surface area (Å²) in [6.07, 6.45) is 7.70. The smallest absolute Gasteiger partial charge is 0.0724 e. The van der Waals surface area contributed by atoms with Gasteiger partial charge in [0.15, 0.2) is 0 Å². The highest BCUT2D eigenvalue weighted by Crippen LogP contribution is 2.38. The summed E-state index contributed by atoms with van der Waals surface area (Å²) in [7, 11) is 0. The van der Waals surface area contributed by atoms with Crippen LogP contribution < -0.4 is 0 Å². The van der Waals surface area contributed by atoms with Gasteiger partial charge in [-0.3, -0.25) is 9.97 Å². The Balaban J connectivity index is 1.20. The van der Waals surface area contributed by atoms with Gasteiger partial charge in [-0.1, -0.05) is 72.8 Å². The van der Waals surface area contributed by atoms with E-state index in [4.69, 9.17) is 0 Å². The maximum absolute atomic E-state index is 4.50. The second-order valence-electron chi connectivity index (χ2n) is 11.2. The van der Waals surface area contributed by atoms with Crippen molar-refractivity contribution in [2.24, 2.45) is 0 Å². The van der Waals surface area contributed by atoms with E-state index >= 15 is 0 Å². The Labute approximate surface area is 254 Å². The van der Waals surface area contributed by atoms with Gasteiger partial charge >= 0.3 is 0 Å². The van der Waals surface area contributed by atoms with Gasteiger partial charge in [0.2, 0.25) is 0 Å². The fourth-order valence-electron chi connectivity index (χ4n) is 6.66. The van der Waals surface area contributed by atoms with E-state index in [-0.39, 0.29) is 0 Å². The Morgan fingerprint density at radius 1 is 0.341 bits per heavy atom. The molecule has 0 aliphatic carbocycles. The summed E-state index contributed by atoms with van der Waals surface area (Å²) < 4.78 is 4.62. The predicted octanol–water partition coefficient (Wildman–Crippen LogP) is 10.0. The number of hydrogen-bond donors (Lipinski definition) is 0. The number of aromatic nitrogens is 4. The van der Waals surface area contributed by atoms with Crippen molar-refractivity contribution in [1.82, 2.24) is 19.1 Å². The highest BCUT2D eigenvalue weighted by atomic mass is 15.0. The first-order chi connectivity index (χ1) is 21.8. The normalized spacial score (nSPS) is 11.6. The van der Waals surface area contributed by atoms with Crippen molar-refractivity contribution in [2.45, 2.75) is 0 Å². The Hall–Kier alpha value is -6.00. The van der Waals surface area contributed by atoms with Crippen molar-refractivity contribution in [1.29, 1.82) is 0 Å². The van der Waals surface area contributed by atoms with Gasteiger partial charge < -0.3 is 9.13 Å². The molecule has 4 heterocycles. The van der Waals surface area contributed by atoms with E-state index in [0.717, 1.165) is 27.9 Å². The zero-order valence-electron chi connectivity index (χ0n) is 23.8. The van der Waals surface area contributed by atoms with Crippen molar-refractivity contribution >= 4 is 43.6 Å². The first-order valence-corrected chi connectivity index (χ1v) is 14.8. The summed E-state index contributed by atoms with van der Waals surface area (Å²) in [4.78, 5) is 8.96. The number of benzene rings is 5. The monoisotopic (exact) mass is 562 g/mol. The molecule has 0 aliphatic rings. The van der Waals surface area contributed by atoms with Crippen LogP contribution in [0.3, 0.4) is 0 Å². The Morgan fingerprint density at radius 3 is 1.34 bits per heavy atom. The van der Waals surface area contributed by atoms with Crippen LogP contribution in [-0.2, 0) is 0 Å². The van der Waals surface area contributed by atoms with Crippen molar-refractivity contribution in [3.63, 3.8) is 0 Å². The molecule has 5 aromatic carbocycles. The number of fused-ring (bicyclic) bond motifs is 6. The Morgan fingerprint density at radius 2 is 0.795 bits per heavy atom. The molecule has 0 N–H and O–H groups in total. The second kappa shape index (κ2) is 9.79. The molecule has 0 bridgehead atoms. The summed E-state index contributed by atoms with van der Waals surface area (Å²) >= 11 is 0. The van der Waals surface area contributed by atoms with Gasteiger partial charge in [0.25, 0.3) is 0 Å². The molecule has 0 amide bonds. The minimum absolute atomic E-state index is 1.10. The molecule has 4 aromatic heterocycles. The minimum atomic E-state index is 1.10. The van der Waals surface area contributed by atoms with Crippen LogP contribution >= 0.6 is 0 Å². The van der Waals surface area contributed by atoms with E-state index < -0.39 is 0 Å². The molecule has 0 aliphatic heterocycles. The lowest BCUT2D eigenvalue weighted by molar-refractivity contribution is 1.16. The highest BCUT2D eigenvalue weighted by Gasteiger charge is 2.16. The van der Waals surface area contributed by atoms with Crippen molar-refractivity contribution in [3.8, 4) is 33.6 Å². The first kappa shape index (κ1) is 24.6. The molecule has 0 unspecified atom stereocenters. The lowest BCUT2D eigenvalue weighted by Crippen LogP contribution is -1.94. The molecule has 0 radical (unpaired) electrons. The molecule has 0 saturated heterocycles. The largest absolute Gasteiger partial charge is 0.308 e. The number of rotatable bonds is 4. The van der Waals surface area contributed by atoms with E-state index in [1.807, 2.05) is 24.8 Å². The van der Waals surface area contributed by atoms with Gasteiger partial charge in [-0.25, -0.2) is 0 Å². The third kappa shape index (κ3) is 3.78. The van der Waals surface area contributed by atoms with E-state index in [9.17, 15) is 0 Å². The molecule has 9 rings (SSSR count). The fraction of sp³-hybridized carbons (Fsp3) is 0. The summed E-state index contributed by atoms with van der Waals surface area (Å²) in [6, 6.07) is 47.7. The zero-order chi connectivity index (χ0) is 29.0. The summed E-state index contributed by atoms with van der Waals surface area (Å²) in [5.74, 6) is 0. The number of para-hydroxylation sites is 1. The molecular weight excluding hydrogens is 536 g/mol. The standard InChI is InChI=1S/C40H26N4/c1-3-7-27(8-4-1)28-11-15-32(16-12-28)44-38-18-14-30(24-36(38)34-20-22-42-26-40(34)44)29-13-17-37-35(23-29)33-19-21-41-25-39(33)43(37)31-9-5-2-6-10-31/h1-26H. The topological polar surface area (TPSA) is 35.6 Å². The maximum Gasteiger partial charge on any atom is 0.0724 e. The lowest BCUT2D eigenvalue weighted by Gasteiger charge is -2.10. The summed E-state index contributed by atoms with van der Waals surface area (Å²) in [5.41, 5.74) is 11.6. The maximum atomic E-state index is 4.50. The summed E-state index contributed by atoms with van der Waals surface area (Å²) in [6.45, 7) is 0. The Kier molecular flexibility index (Phi) is 5.47. The van der Waals surface area contributed by atoms with Crippen LogP contribution in [0.5, 0.6) is 0 Å². The first-order valence-electron chi connectivity index (χ1n) is 14.8. The van der Waals surface area contributed by atoms with E-state index in [1.54, 1.807) is 0 Å². The van der Waals surface area contributed by atoms with Gasteiger partial charge in [0.1, 0.15) is 0 Å². The van der Waals surface area contributed by atoms with Crippen molar-refractivity contribution < 1.29 is 0 Å². The average Bonchev–Trinajstić information content (AvgIpc) is 3.61. The SMILES string of the molecule is c1ccc(-c2ccc(-n3c4ccc(-c5ccc6c(c5)c5ccncc5n6-c5ccccc5)cc4c4ccncc43)cc2)cc1. The van der Waals surface area contributed by atoms with Crippen LogP contribution in [0.15, 0.2) is 158 Å². The van der Waals surface area contributed by atoms with Gasteiger partial charge in [0.05, 0.1) is 34.5 Å². The van der Waals surface area contributed by atoms with Crippen LogP contribution in [-0.4, -0.2) is 19.1 Å². The van der Waals surface area contributed by atoms with Crippen LogP contribution in [0, 0.1) is 0 Å². The van der Waals surface area contributed by atoms with E-state index in [0.29, 0.717) is 0 Å². The Bertz CT molecular complexity index is 2470. The third-order valence-electron chi connectivity index (χ3n) is 8.72. The summed E-state index contributed by atoms with van der Waals surface area (Å²) in [5, 5.41) is 4.82. The van der Waals surface area contributed by atoms with Gasteiger partial charge in [0, 0.05) is 45.3 Å². The molecule has 0 saturated carbocycles. The number of pyridine rings is 2. The zero-order valence-corrected chi connectivity index (χ0v) is 23.8.